The first-order valence-electron chi connectivity index (χ1n) is 5.46. The summed E-state index contributed by atoms with van der Waals surface area (Å²) in [6.07, 6.45) is 1.76. The van der Waals surface area contributed by atoms with Crippen LogP contribution in [-0.2, 0) is 6.42 Å². The molecule has 0 radical (unpaired) electrons. The molecule has 0 unspecified atom stereocenters. The normalized spacial score (nSPS) is 19.7. The molecule has 1 aromatic carbocycles. The molecule has 1 fully saturated rings. The van der Waals surface area contributed by atoms with Gasteiger partial charge in [0.05, 0.1) is 5.60 Å². The van der Waals surface area contributed by atoms with Crippen LogP contribution in [-0.4, -0.2) is 23.8 Å². The molecule has 1 aliphatic heterocycles. The van der Waals surface area contributed by atoms with Gasteiger partial charge in [-0.05, 0) is 43.6 Å². The Balaban J connectivity index is 2.13. The second kappa shape index (κ2) is 4.82. The summed E-state index contributed by atoms with van der Waals surface area (Å²) in [5, 5.41) is 13.5. The summed E-state index contributed by atoms with van der Waals surface area (Å²) >= 11 is 3.22. The van der Waals surface area contributed by atoms with Crippen molar-refractivity contribution in [3.05, 3.63) is 34.1 Å². The molecule has 0 aliphatic carbocycles. The molecule has 16 heavy (non-hydrogen) atoms. The number of benzene rings is 1. The number of hydrogen-bond donors (Lipinski definition) is 2. The SMILES string of the molecule is OC1(Cc2ccc(Br)cc2F)CCNCC1. The van der Waals surface area contributed by atoms with E-state index in [9.17, 15) is 9.50 Å². The number of aliphatic hydroxyl groups is 1. The van der Waals surface area contributed by atoms with Gasteiger partial charge in [-0.15, -0.1) is 0 Å². The zero-order chi connectivity index (χ0) is 11.6. The summed E-state index contributed by atoms with van der Waals surface area (Å²) in [6, 6.07) is 4.99. The number of rotatable bonds is 2. The van der Waals surface area contributed by atoms with Crippen LogP contribution in [0.3, 0.4) is 0 Å². The molecule has 0 amide bonds. The third kappa shape index (κ3) is 2.81. The Morgan fingerprint density at radius 2 is 2.06 bits per heavy atom. The van der Waals surface area contributed by atoms with Crippen molar-refractivity contribution in [1.29, 1.82) is 0 Å². The molecular formula is C12H15BrFNO. The van der Waals surface area contributed by atoms with Crippen LogP contribution in [0.25, 0.3) is 0 Å². The Kier molecular flexibility index (Phi) is 3.62. The second-order valence-corrected chi connectivity index (χ2v) is 5.30. The number of piperidine rings is 1. The minimum absolute atomic E-state index is 0.249. The maximum atomic E-state index is 13.6. The van der Waals surface area contributed by atoms with Gasteiger partial charge in [0.25, 0.3) is 0 Å². The molecule has 1 aromatic rings. The van der Waals surface area contributed by atoms with Crippen molar-refractivity contribution >= 4 is 15.9 Å². The van der Waals surface area contributed by atoms with Crippen LogP contribution in [0.1, 0.15) is 18.4 Å². The number of hydrogen-bond acceptors (Lipinski definition) is 2. The molecular weight excluding hydrogens is 273 g/mol. The molecule has 0 bridgehead atoms. The largest absolute Gasteiger partial charge is 0.389 e. The van der Waals surface area contributed by atoms with Crippen molar-refractivity contribution in [3.8, 4) is 0 Å². The summed E-state index contributed by atoms with van der Waals surface area (Å²) < 4.78 is 14.3. The molecule has 0 aromatic heterocycles. The maximum Gasteiger partial charge on any atom is 0.127 e. The van der Waals surface area contributed by atoms with Gasteiger partial charge in [-0.3, -0.25) is 0 Å². The Morgan fingerprint density at radius 3 is 2.69 bits per heavy atom. The van der Waals surface area contributed by atoms with Crippen LogP contribution >= 0.6 is 15.9 Å². The van der Waals surface area contributed by atoms with E-state index in [0.717, 1.165) is 17.6 Å². The molecule has 1 heterocycles. The summed E-state index contributed by atoms with van der Waals surface area (Å²) in [4.78, 5) is 0. The van der Waals surface area contributed by atoms with Gasteiger partial charge in [0.1, 0.15) is 5.82 Å². The van der Waals surface area contributed by atoms with E-state index in [2.05, 4.69) is 21.2 Å². The first-order valence-corrected chi connectivity index (χ1v) is 6.25. The highest BCUT2D eigenvalue weighted by atomic mass is 79.9. The topological polar surface area (TPSA) is 32.3 Å². The predicted octanol–water partition coefficient (Wildman–Crippen LogP) is 2.25. The summed E-state index contributed by atoms with van der Waals surface area (Å²) in [5.41, 5.74) is -0.160. The van der Waals surface area contributed by atoms with Crippen molar-refractivity contribution in [2.75, 3.05) is 13.1 Å². The van der Waals surface area contributed by atoms with Crippen LogP contribution in [0.15, 0.2) is 22.7 Å². The van der Waals surface area contributed by atoms with E-state index in [1.807, 2.05) is 6.07 Å². The van der Waals surface area contributed by atoms with Gasteiger partial charge in [0.15, 0.2) is 0 Å². The van der Waals surface area contributed by atoms with Gasteiger partial charge < -0.3 is 10.4 Å². The molecule has 88 valence electrons. The van der Waals surface area contributed by atoms with E-state index >= 15 is 0 Å². The zero-order valence-electron chi connectivity index (χ0n) is 8.97. The first-order chi connectivity index (χ1) is 7.59. The average Bonchev–Trinajstić information content (AvgIpc) is 2.23. The van der Waals surface area contributed by atoms with Crippen molar-refractivity contribution in [2.24, 2.45) is 0 Å². The standard InChI is InChI=1S/C12H15BrFNO/c13-10-2-1-9(11(14)7-10)8-12(16)3-5-15-6-4-12/h1-2,7,15-16H,3-6,8H2. The van der Waals surface area contributed by atoms with Gasteiger partial charge >= 0.3 is 0 Å². The van der Waals surface area contributed by atoms with E-state index in [1.54, 1.807) is 6.07 Å². The fourth-order valence-corrected chi connectivity index (χ4v) is 2.42. The Hall–Kier alpha value is -0.450. The fraction of sp³-hybridized carbons (Fsp3) is 0.500. The van der Waals surface area contributed by atoms with Gasteiger partial charge in [-0.25, -0.2) is 4.39 Å². The van der Waals surface area contributed by atoms with Crippen molar-refractivity contribution in [1.82, 2.24) is 5.32 Å². The number of halogens is 2. The van der Waals surface area contributed by atoms with Crippen LogP contribution in [0.4, 0.5) is 4.39 Å². The lowest BCUT2D eigenvalue weighted by atomic mass is 9.86. The lowest BCUT2D eigenvalue weighted by Crippen LogP contribution is -2.43. The van der Waals surface area contributed by atoms with Crippen LogP contribution in [0, 0.1) is 5.82 Å². The summed E-state index contributed by atoms with van der Waals surface area (Å²) in [5.74, 6) is -0.249. The van der Waals surface area contributed by atoms with E-state index in [4.69, 9.17) is 0 Å². The summed E-state index contributed by atoms with van der Waals surface area (Å²) in [6.45, 7) is 1.60. The van der Waals surface area contributed by atoms with Crippen LogP contribution in [0.2, 0.25) is 0 Å². The van der Waals surface area contributed by atoms with Crippen molar-refractivity contribution in [2.45, 2.75) is 24.9 Å². The van der Waals surface area contributed by atoms with E-state index in [1.165, 1.54) is 6.07 Å². The Bertz CT molecular complexity index is 377. The van der Waals surface area contributed by atoms with E-state index < -0.39 is 5.60 Å². The fourth-order valence-electron chi connectivity index (χ4n) is 2.09. The zero-order valence-corrected chi connectivity index (χ0v) is 10.6. The molecule has 2 nitrogen and oxygen atoms in total. The lowest BCUT2D eigenvalue weighted by molar-refractivity contribution is 0.0101. The quantitative estimate of drug-likeness (QED) is 0.875. The molecule has 2 rings (SSSR count). The highest BCUT2D eigenvalue weighted by Gasteiger charge is 2.30. The highest BCUT2D eigenvalue weighted by Crippen LogP contribution is 2.25. The van der Waals surface area contributed by atoms with E-state index in [-0.39, 0.29) is 5.82 Å². The second-order valence-electron chi connectivity index (χ2n) is 4.39. The molecule has 0 saturated carbocycles. The third-order valence-electron chi connectivity index (χ3n) is 3.07. The minimum atomic E-state index is -0.750. The molecule has 0 spiro atoms. The molecule has 4 heteroatoms. The smallest absolute Gasteiger partial charge is 0.127 e. The van der Waals surface area contributed by atoms with Crippen molar-refractivity contribution < 1.29 is 9.50 Å². The molecule has 0 atom stereocenters. The maximum absolute atomic E-state index is 13.6. The van der Waals surface area contributed by atoms with E-state index in [0.29, 0.717) is 24.8 Å². The molecule has 1 saturated heterocycles. The highest BCUT2D eigenvalue weighted by molar-refractivity contribution is 9.10. The predicted molar refractivity (Wildman–Crippen MR) is 64.9 cm³/mol. The lowest BCUT2D eigenvalue weighted by Gasteiger charge is -2.32. The molecule has 1 aliphatic rings. The monoisotopic (exact) mass is 287 g/mol. The van der Waals surface area contributed by atoms with Gasteiger partial charge in [0, 0.05) is 10.9 Å². The Labute approximate surface area is 103 Å². The first kappa shape index (κ1) is 12.0. The minimum Gasteiger partial charge on any atom is -0.389 e. The van der Waals surface area contributed by atoms with Crippen molar-refractivity contribution in [3.63, 3.8) is 0 Å². The van der Waals surface area contributed by atoms with Gasteiger partial charge in [0.2, 0.25) is 0 Å². The number of nitrogens with one attached hydrogen (secondary N) is 1. The van der Waals surface area contributed by atoms with Crippen LogP contribution in [0.5, 0.6) is 0 Å². The molecule has 2 N–H and O–H groups in total. The third-order valence-corrected chi connectivity index (χ3v) is 3.56. The van der Waals surface area contributed by atoms with Gasteiger partial charge in [-0.2, -0.15) is 0 Å². The Morgan fingerprint density at radius 1 is 1.38 bits per heavy atom. The van der Waals surface area contributed by atoms with Crippen LogP contribution < -0.4 is 5.32 Å². The summed E-state index contributed by atoms with van der Waals surface area (Å²) in [7, 11) is 0. The average molecular weight is 288 g/mol. The van der Waals surface area contributed by atoms with Gasteiger partial charge in [-0.1, -0.05) is 22.0 Å².